The molecule has 0 saturated carbocycles. The Bertz CT molecular complexity index is 808. The molecule has 3 heteroatoms. The molecule has 0 spiro atoms. The number of hydrogen-bond donors (Lipinski definition) is 0. The third kappa shape index (κ3) is 1.27. The molecule has 0 saturated heterocycles. The minimum absolute atomic E-state index is 0.133. The number of furan rings is 1. The second-order valence-electron chi connectivity index (χ2n) is 4.85. The van der Waals surface area contributed by atoms with Gasteiger partial charge in [-0.15, -0.1) is 0 Å². The molecule has 2 aromatic heterocycles. The van der Waals surface area contributed by atoms with Gasteiger partial charge in [-0.25, -0.2) is 0 Å². The number of benzene rings is 1. The summed E-state index contributed by atoms with van der Waals surface area (Å²) in [4.78, 5) is 12.4. The summed E-state index contributed by atoms with van der Waals surface area (Å²) < 4.78 is 11.2. The fourth-order valence-corrected chi connectivity index (χ4v) is 2.78. The molecule has 0 atom stereocenters. The van der Waals surface area contributed by atoms with Crippen LogP contribution in [0, 0.1) is 0 Å². The van der Waals surface area contributed by atoms with Crippen molar-refractivity contribution < 1.29 is 8.83 Å². The van der Waals surface area contributed by atoms with Crippen LogP contribution in [0.5, 0.6) is 0 Å². The van der Waals surface area contributed by atoms with Crippen LogP contribution in [0.3, 0.4) is 0 Å². The monoisotopic (exact) mass is 240 g/mol. The van der Waals surface area contributed by atoms with Crippen LogP contribution in [0.1, 0.15) is 24.2 Å². The molecule has 18 heavy (non-hydrogen) atoms. The van der Waals surface area contributed by atoms with E-state index in [2.05, 4.69) is 0 Å². The standard InChI is InChI=1S/C15H12O3/c16-15-10-3-1-2-4-12(10)18-14-8-13-9(5-6-17-13)7-11(14)15/h5-8H,1-4H2. The molecule has 0 amide bonds. The lowest BCUT2D eigenvalue weighted by Gasteiger charge is -2.14. The van der Waals surface area contributed by atoms with E-state index in [1.54, 1.807) is 6.26 Å². The van der Waals surface area contributed by atoms with Gasteiger partial charge in [-0.1, -0.05) is 0 Å². The average molecular weight is 240 g/mol. The molecule has 90 valence electrons. The molecule has 1 aromatic carbocycles. The molecule has 3 nitrogen and oxygen atoms in total. The Morgan fingerprint density at radius 1 is 1.06 bits per heavy atom. The quantitative estimate of drug-likeness (QED) is 0.604. The minimum atomic E-state index is 0.133. The van der Waals surface area contributed by atoms with Crippen molar-refractivity contribution in [3.8, 4) is 0 Å². The van der Waals surface area contributed by atoms with Crippen molar-refractivity contribution in [1.29, 1.82) is 0 Å². The third-order valence-electron chi connectivity index (χ3n) is 3.72. The Morgan fingerprint density at radius 2 is 1.94 bits per heavy atom. The van der Waals surface area contributed by atoms with E-state index < -0.39 is 0 Å². The lowest BCUT2D eigenvalue weighted by molar-refractivity contribution is 0.486. The zero-order valence-electron chi connectivity index (χ0n) is 9.86. The summed E-state index contributed by atoms with van der Waals surface area (Å²) in [7, 11) is 0. The summed E-state index contributed by atoms with van der Waals surface area (Å²) in [5, 5.41) is 1.62. The number of fused-ring (bicyclic) bond motifs is 3. The van der Waals surface area contributed by atoms with E-state index in [1.807, 2.05) is 18.2 Å². The maximum atomic E-state index is 12.4. The average Bonchev–Trinajstić information content (AvgIpc) is 2.84. The highest BCUT2D eigenvalue weighted by atomic mass is 16.3. The zero-order valence-corrected chi connectivity index (χ0v) is 9.86. The normalized spacial score (nSPS) is 15.1. The fraction of sp³-hybridized carbons (Fsp3) is 0.267. The molecule has 0 radical (unpaired) electrons. The predicted octanol–water partition coefficient (Wildman–Crippen LogP) is 3.42. The Hall–Kier alpha value is -2.03. The lowest BCUT2D eigenvalue weighted by Crippen LogP contribution is -2.16. The van der Waals surface area contributed by atoms with Gasteiger partial charge in [0.15, 0.2) is 5.43 Å². The molecule has 0 unspecified atom stereocenters. The van der Waals surface area contributed by atoms with E-state index >= 15 is 0 Å². The van der Waals surface area contributed by atoms with Gasteiger partial charge in [0, 0.05) is 23.4 Å². The molecule has 1 aliphatic rings. The first-order chi connectivity index (χ1) is 8.83. The van der Waals surface area contributed by atoms with Crippen molar-refractivity contribution in [2.45, 2.75) is 25.7 Å². The highest BCUT2D eigenvalue weighted by Gasteiger charge is 2.18. The molecule has 0 fully saturated rings. The molecule has 0 N–H and O–H groups in total. The van der Waals surface area contributed by atoms with Gasteiger partial charge in [-0.3, -0.25) is 4.79 Å². The molecular weight excluding hydrogens is 228 g/mol. The first-order valence-corrected chi connectivity index (χ1v) is 6.29. The van der Waals surface area contributed by atoms with Gasteiger partial charge < -0.3 is 8.83 Å². The Balaban J connectivity index is 2.17. The first-order valence-electron chi connectivity index (χ1n) is 6.29. The number of hydrogen-bond acceptors (Lipinski definition) is 3. The zero-order chi connectivity index (χ0) is 12.1. The van der Waals surface area contributed by atoms with Crippen LogP contribution in [0.2, 0.25) is 0 Å². The van der Waals surface area contributed by atoms with E-state index in [-0.39, 0.29) is 5.43 Å². The maximum absolute atomic E-state index is 12.4. The van der Waals surface area contributed by atoms with Crippen LogP contribution >= 0.6 is 0 Å². The molecular formula is C15H12O3. The third-order valence-corrected chi connectivity index (χ3v) is 3.72. The molecule has 3 aromatic rings. The second-order valence-corrected chi connectivity index (χ2v) is 4.85. The highest BCUT2D eigenvalue weighted by Crippen LogP contribution is 2.26. The molecule has 0 bridgehead atoms. The van der Waals surface area contributed by atoms with Gasteiger partial charge in [-0.05, 0) is 31.4 Å². The smallest absolute Gasteiger partial charge is 0.196 e. The first kappa shape index (κ1) is 9.95. The number of rotatable bonds is 0. The van der Waals surface area contributed by atoms with Crippen LogP contribution in [0.25, 0.3) is 21.9 Å². The Kier molecular flexibility index (Phi) is 1.92. The fourth-order valence-electron chi connectivity index (χ4n) is 2.78. The minimum Gasteiger partial charge on any atom is -0.464 e. The summed E-state index contributed by atoms with van der Waals surface area (Å²) in [6.07, 6.45) is 5.53. The lowest BCUT2D eigenvalue weighted by atomic mass is 9.95. The Morgan fingerprint density at radius 3 is 2.89 bits per heavy atom. The van der Waals surface area contributed by atoms with Gasteiger partial charge in [-0.2, -0.15) is 0 Å². The summed E-state index contributed by atoms with van der Waals surface area (Å²) in [5.74, 6) is 0.865. The second kappa shape index (κ2) is 3.48. The van der Waals surface area contributed by atoms with Crippen molar-refractivity contribution in [2.24, 2.45) is 0 Å². The summed E-state index contributed by atoms with van der Waals surface area (Å²) >= 11 is 0. The maximum Gasteiger partial charge on any atom is 0.196 e. The van der Waals surface area contributed by atoms with Gasteiger partial charge in [0.1, 0.15) is 16.9 Å². The molecule has 4 rings (SSSR count). The van der Waals surface area contributed by atoms with Crippen LogP contribution in [0.15, 0.2) is 38.1 Å². The SMILES string of the molecule is O=c1c2c(oc3cc4occc4cc13)CCCC2. The van der Waals surface area contributed by atoms with Crippen LogP contribution < -0.4 is 5.43 Å². The largest absolute Gasteiger partial charge is 0.464 e. The topological polar surface area (TPSA) is 43.4 Å². The van der Waals surface area contributed by atoms with Crippen molar-refractivity contribution in [3.05, 3.63) is 46.0 Å². The highest BCUT2D eigenvalue weighted by molar-refractivity contribution is 5.93. The van der Waals surface area contributed by atoms with Crippen molar-refractivity contribution in [1.82, 2.24) is 0 Å². The Labute approximate surface area is 103 Å². The summed E-state index contributed by atoms with van der Waals surface area (Å²) in [5.41, 5.74) is 2.41. The van der Waals surface area contributed by atoms with E-state index in [1.165, 1.54) is 0 Å². The van der Waals surface area contributed by atoms with Gasteiger partial charge in [0.25, 0.3) is 0 Å². The van der Waals surface area contributed by atoms with E-state index in [0.29, 0.717) is 11.0 Å². The summed E-state index contributed by atoms with van der Waals surface area (Å²) in [6.45, 7) is 0. The van der Waals surface area contributed by atoms with Crippen LogP contribution in [-0.4, -0.2) is 0 Å². The van der Waals surface area contributed by atoms with Gasteiger partial charge in [0.05, 0.1) is 11.6 Å². The van der Waals surface area contributed by atoms with Gasteiger partial charge >= 0.3 is 0 Å². The molecule has 0 aliphatic heterocycles. The van der Waals surface area contributed by atoms with Crippen molar-refractivity contribution in [2.75, 3.05) is 0 Å². The van der Waals surface area contributed by atoms with Crippen molar-refractivity contribution in [3.63, 3.8) is 0 Å². The van der Waals surface area contributed by atoms with Crippen LogP contribution in [-0.2, 0) is 12.8 Å². The van der Waals surface area contributed by atoms with E-state index in [0.717, 1.165) is 48.0 Å². The molecule has 1 aliphatic carbocycles. The summed E-state index contributed by atoms with van der Waals surface area (Å²) in [6, 6.07) is 5.56. The number of aryl methyl sites for hydroxylation is 1. The van der Waals surface area contributed by atoms with E-state index in [4.69, 9.17) is 8.83 Å². The predicted molar refractivity (Wildman–Crippen MR) is 68.9 cm³/mol. The van der Waals surface area contributed by atoms with Crippen LogP contribution in [0.4, 0.5) is 0 Å². The van der Waals surface area contributed by atoms with E-state index in [9.17, 15) is 4.79 Å². The van der Waals surface area contributed by atoms with Crippen molar-refractivity contribution >= 4 is 21.9 Å². The van der Waals surface area contributed by atoms with Gasteiger partial charge in [0.2, 0.25) is 0 Å². The molecule has 2 heterocycles.